The number of rotatable bonds is 4. The van der Waals surface area contributed by atoms with Crippen LogP contribution < -0.4 is 11.1 Å². The number of nitrogens with two attached hydrogens (primary N) is 1. The van der Waals surface area contributed by atoms with Gasteiger partial charge in [0.25, 0.3) is 5.91 Å². The number of alkyl halides is 3. The van der Waals surface area contributed by atoms with Crippen molar-refractivity contribution in [2.24, 2.45) is 11.1 Å². The molecule has 2 aliphatic carbocycles. The first-order valence-corrected chi connectivity index (χ1v) is 12.2. The van der Waals surface area contributed by atoms with Gasteiger partial charge >= 0.3 is 12.3 Å². The third kappa shape index (κ3) is 4.52. The van der Waals surface area contributed by atoms with Crippen LogP contribution in [0.15, 0.2) is 29.3 Å². The summed E-state index contributed by atoms with van der Waals surface area (Å²) < 4.78 is 47.5. The molecule has 12 heteroatoms. The van der Waals surface area contributed by atoms with E-state index in [9.17, 15) is 27.6 Å². The van der Waals surface area contributed by atoms with Gasteiger partial charge in [0.05, 0.1) is 29.6 Å². The number of nitrogens with one attached hydrogen (secondary N) is 1. The molecule has 1 aromatic carbocycles. The highest BCUT2D eigenvalue weighted by Crippen LogP contribution is 2.42. The topological polar surface area (TPSA) is 120 Å². The van der Waals surface area contributed by atoms with Crippen LogP contribution in [-0.4, -0.2) is 58.7 Å². The SMILES string of the molecule is COC(=O)N1CC2=C(CC(Nc3cc(-n4nc(C(F)(F)F)c5c4CC(C)(C)CC5=O)ccc3C(N)=O)C2)C1. The summed E-state index contributed by atoms with van der Waals surface area (Å²) in [7, 11) is 1.33. The molecule has 0 radical (unpaired) electrons. The summed E-state index contributed by atoms with van der Waals surface area (Å²) in [6, 6.07) is 4.38. The molecule has 2 aromatic rings. The molecule has 0 unspecified atom stereocenters. The summed E-state index contributed by atoms with van der Waals surface area (Å²) in [5.41, 5.74) is 6.73. The molecule has 3 N–H and O–H groups in total. The normalized spacial score (nSPS) is 19.0. The Morgan fingerprint density at radius 3 is 2.39 bits per heavy atom. The van der Waals surface area contributed by atoms with E-state index in [1.807, 2.05) is 13.8 Å². The molecule has 2 heterocycles. The summed E-state index contributed by atoms with van der Waals surface area (Å²) in [5.74, 6) is -1.28. The average Bonchev–Trinajstić information content (AvgIpc) is 3.48. The highest BCUT2D eigenvalue weighted by molar-refractivity contribution is 6.00. The quantitative estimate of drug-likeness (QED) is 0.574. The Kier molecular flexibility index (Phi) is 6.03. The van der Waals surface area contributed by atoms with Crippen LogP contribution in [0, 0.1) is 5.41 Å². The second-order valence-electron chi connectivity index (χ2n) is 10.9. The van der Waals surface area contributed by atoms with Crippen molar-refractivity contribution in [3.05, 3.63) is 51.9 Å². The fourth-order valence-electron chi connectivity index (χ4n) is 5.76. The molecule has 0 spiro atoms. The van der Waals surface area contributed by atoms with E-state index in [2.05, 4.69) is 10.4 Å². The molecule has 202 valence electrons. The molecule has 38 heavy (non-hydrogen) atoms. The molecule has 3 aliphatic rings. The van der Waals surface area contributed by atoms with E-state index in [4.69, 9.17) is 10.5 Å². The fraction of sp³-hybridized carbons (Fsp3) is 0.462. The number of ketones is 1. The van der Waals surface area contributed by atoms with Crippen molar-refractivity contribution < 1.29 is 32.3 Å². The minimum Gasteiger partial charge on any atom is -0.453 e. The van der Waals surface area contributed by atoms with Gasteiger partial charge in [-0.3, -0.25) is 9.59 Å². The number of carbonyl (C=O) groups is 3. The van der Waals surface area contributed by atoms with Gasteiger partial charge in [-0.15, -0.1) is 0 Å². The minimum atomic E-state index is -4.80. The molecule has 0 atom stereocenters. The predicted molar refractivity (Wildman–Crippen MR) is 131 cm³/mol. The zero-order valence-electron chi connectivity index (χ0n) is 21.2. The number of amides is 2. The number of carbonyl (C=O) groups excluding carboxylic acids is 3. The number of halogens is 3. The van der Waals surface area contributed by atoms with Crippen molar-refractivity contribution in [3.63, 3.8) is 0 Å². The fourth-order valence-corrected chi connectivity index (χ4v) is 5.76. The smallest absolute Gasteiger partial charge is 0.435 e. The van der Waals surface area contributed by atoms with Crippen LogP contribution in [0.1, 0.15) is 65.2 Å². The molecule has 0 bridgehead atoms. The highest BCUT2D eigenvalue weighted by Gasteiger charge is 2.45. The van der Waals surface area contributed by atoms with Crippen LogP contribution in [0.25, 0.3) is 5.69 Å². The Morgan fingerprint density at radius 2 is 1.82 bits per heavy atom. The maximum absolute atomic E-state index is 13.9. The number of hydrogen-bond acceptors (Lipinski definition) is 6. The zero-order valence-corrected chi connectivity index (χ0v) is 21.2. The molecular formula is C26H28F3N5O4. The van der Waals surface area contributed by atoms with Crippen LogP contribution >= 0.6 is 0 Å². The lowest BCUT2D eigenvalue weighted by atomic mass is 9.75. The van der Waals surface area contributed by atoms with Crippen LogP contribution in [-0.2, 0) is 17.3 Å². The lowest BCUT2D eigenvalue weighted by Gasteiger charge is -2.29. The first-order chi connectivity index (χ1) is 17.8. The molecule has 5 rings (SSSR count). The summed E-state index contributed by atoms with van der Waals surface area (Å²) >= 11 is 0. The zero-order chi connectivity index (χ0) is 27.6. The Bertz CT molecular complexity index is 1370. The number of likely N-dealkylation sites (tertiary alicyclic amines) is 1. The van der Waals surface area contributed by atoms with Crippen LogP contribution in [0.2, 0.25) is 0 Å². The number of Topliss-reactive ketones (excluding diaryl/α,β-unsaturated/α-hetero) is 1. The van der Waals surface area contributed by atoms with Gasteiger partial charge in [-0.2, -0.15) is 18.3 Å². The van der Waals surface area contributed by atoms with Crippen molar-refractivity contribution >= 4 is 23.5 Å². The second kappa shape index (κ2) is 8.88. The third-order valence-corrected chi connectivity index (χ3v) is 7.37. The number of nitrogens with zero attached hydrogens (tertiary/aromatic N) is 3. The van der Waals surface area contributed by atoms with Gasteiger partial charge in [0, 0.05) is 31.2 Å². The summed E-state index contributed by atoms with van der Waals surface area (Å²) in [6.45, 7) is 4.59. The monoisotopic (exact) mass is 531 g/mol. The highest BCUT2D eigenvalue weighted by atomic mass is 19.4. The molecule has 2 amide bonds. The number of primary amides is 1. The van der Waals surface area contributed by atoms with Gasteiger partial charge in [-0.25, -0.2) is 9.48 Å². The van der Waals surface area contributed by atoms with Crippen molar-refractivity contribution in [2.45, 2.75) is 51.7 Å². The predicted octanol–water partition coefficient (Wildman–Crippen LogP) is 4.10. The molecule has 0 saturated heterocycles. The van der Waals surface area contributed by atoms with Gasteiger partial charge in [-0.1, -0.05) is 13.8 Å². The van der Waals surface area contributed by atoms with Crippen molar-refractivity contribution in [3.8, 4) is 5.69 Å². The Morgan fingerprint density at radius 1 is 1.16 bits per heavy atom. The van der Waals surface area contributed by atoms with Crippen molar-refractivity contribution in [1.29, 1.82) is 0 Å². The van der Waals surface area contributed by atoms with Gasteiger partial charge in [-0.05, 0) is 54.0 Å². The van der Waals surface area contributed by atoms with Gasteiger partial charge in [0.2, 0.25) is 0 Å². The molecule has 0 saturated carbocycles. The van der Waals surface area contributed by atoms with Gasteiger partial charge in [0.15, 0.2) is 11.5 Å². The average molecular weight is 532 g/mol. The van der Waals surface area contributed by atoms with Crippen LogP contribution in [0.5, 0.6) is 0 Å². The minimum absolute atomic E-state index is 0.00501. The van der Waals surface area contributed by atoms with E-state index >= 15 is 0 Å². The van der Waals surface area contributed by atoms with Gasteiger partial charge in [0.1, 0.15) is 0 Å². The number of methoxy groups -OCH3 is 1. The first kappa shape index (κ1) is 25.8. The van der Waals surface area contributed by atoms with E-state index < -0.39 is 40.6 Å². The van der Waals surface area contributed by atoms with Crippen molar-refractivity contribution in [2.75, 3.05) is 25.5 Å². The summed E-state index contributed by atoms with van der Waals surface area (Å²) in [6.07, 6.45) is -3.71. The number of ether oxygens (including phenoxy) is 1. The van der Waals surface area contributed by atoms with Gasteiger partial charge < -0.3 is 20.7 Å². The van der Waals surface area contributed by atoms with E-state index in [0.29, 0.717) is 31.6 Å². The maximum Gasteiger partial charge on any atom is 0.435 e. The largest absolute Gasteiger partial charge is 0.453 e. The lowest BCUT2D eigenvalue weighted by molar-refractivity contribution is -0.141. The number of anilines is 1. The molecule has 1 aliphatic heterocycles. The first-order valence-electron chi connectivity index (χ1n) is 12.2. The maximum atomic E-state index is 13.9. The molecular weight excluding hydrogens is 503 g/mol. The lowest BCUT2D eigenvalue weighted by Crippen LogP contribution is -2.31. The number of aromatic nitrogens is 2. The van der Waals surface area contributed by atoms with E-state index in [-0.39, 0.29) is 35.8 Å². The Balaban J connectivity index is 1.48. The number of fused-ring (bicyclic) bond motifs is 1. The summed E-state index contributed by atoms with van der Waals surface area (Å²) in [4.78, 5) is 38.4. The third-order valence-electron chi connectivity index (χ3n) is 7.37. The van der Waals surface area contributed by atoms with Crippen LogP contribution in [0.3, 0.4) is 0 Å². The van der Waals surface area contributed by atoms with E-state index in [1.165, 1.54) is 19.2 Å². The van der Waals surface area contributed by atoms with E-state index in [0.717, 1.165) is 15.8 Å². The van der Waals surface area contributed by atoms with Crippen molar-refractivity contribution in [1.82, 2.24) is 14.7 Å². The number of hydrogen-bond donors (Lipinski definition) is 2. The molecule has 9 nitrogen and oxygen atoms in total. The number of benzene rings is 1. The molecule has 1 aromatic heterocycles. The van der Waals surface area contributed by atoms with E-state index in [1.54, 1.807) is 11.0 Å². The summed E-state index contributed by atoms with van der Waals surface area (Å²) in [5, 5.41) is 7.17. The Hall–Kier alpha value is -3.83. The molecule has 0 fully saturated rings. The Labute approximate surface area is 216 Å². The second-order valence-corrected chi connectivity index (χ2v) is 10.9. The standard InChI is InChI=1S/C26H28F3N5O4/c1-25(2)9-19-21(20(35)10-25)22(26(27,28)29)32-34(19)16-4-5-17(23(30)36)18(8-16)31-15-6-13-11-33(24(37)38-3)12-14(13)7-15/h4-5,8,15,31H,6-7,9-12H2,1-3H3,(H2,30,36). The van der Waals surface area contributed by atoms with Crippen LogP contribution in [0.4, 0.5) is 23.7 Å².